The fourth-order valence-electron chi connectivity index (χ4n) is 5.79. The highest BCUT2D eigenvalue weighted by Gasteiger charge is 2.37. The molecule has 0 spiro atoms. The number of nitrogens with one attached hydrogen (secondary N) is 2. The smallest absolute Gasteiger partial charge is 0.376 e. The zero-order valence-corrected chi connectivity index (χ0v) is 24.3. The fraction of sp³-hybridized carbons (Fsp3) is 0.394. The van der Waals surface area contributed by atoms with Crippen molar-refractivity contribution in [3.63, 3.8) is 0 Å². The van der Waals surface area contributed by atoms with Gasteiger partial charge in [0.2, 0.25) is 0 Å². The first-order chi connectivity index (χ1) is 21.4. The molecule has 45 heavy (non-hydrogen) atoms. The van der Waals surface area contributed by atoms with Crippen molar-refractivity contribution in [2.75, 3.05) is 36.5 Å². The van der Waals surface area contributed by atoms with E-state index in [-0.39, 0.29) is 30.0 Å². The normalized spacial score (nSPS) is 17.7. The van der Waals surface area contributed by atoms with Crippen molar-refractivity contribution in [2.24, 2.45) is 5.92 Å². The van der Waals surface area contributed by atoms with Crippen LogP contribution in [0.4, 0.5) is 37.7 Å². The van der Waals surface area contributed by atoms with Gasteiger partial charge in [0.05, 0.1) is 22.8 Å². The highest BCUT2D eigenvalue weighted by Crippen LogP contribution is 2.37. The Morgan fingerprint density at radius 3 is 2.09 bits per heavy atom. The lowest BCUT2D eigenvalue weighted by Gasteiger charge is -2.35. The van der Waals surface area contributed by atoms with Crippen LogP contribution in [0.25, 0.3) is 0 Å². The summed E-state index contributed by atoms with van der Waals surface area (Å²) < 4.78 is 85.7. The van der Waals surface area contributed by atoms with Crippen molar-refractivity contribution in [2.45, 2.75) is 50.6 Å². The molecule has 2 aliphatic heterocycles. The molecule has 0 unspecified atom stereocenters. The number of piperidine rings is 1. The van der Waals surface area contributed by atoms with Gasteiger partial charge in [-0.25, -0.2) is 0 Å². The van der Waals surface area contributed by atoms with E-state index < -0.39 is 40.9 Å². The molecule has 2 amide bonds. The number of halogens is 6. The largest absolute Gasteiger partial charge is 0.416 e. The summed E-state index contributed by atoms with van der Waals surface area (Å²) >= 11 is 0. The predicted octanol–water partition coefficient (Wildman–Crippen LogP) is 7.34. The number of rotatable bonds is 8. The van der Waals surface area contributed by atoms with Crippen molar-refractivity contribution < 1.29 is 40.7 Å². The Balaban J connectivity index is 1.37. The molecule has 5 rings (SSSR count). The lowest BCUT2D eigenvalue weighted by Crippen LogP contribution is -2.37. The molecule has 6 nitrogen and oxygen atoms in total. The maximum atomic E-state index is 13.4. The molecule has 12 heteroatoms. The van der Waals surface area contributed by atoms with E-state index in [1.54, 1.807) is 6.07 Å². The van der Waals surface area contributed by atoms with Gasteiger partial charge in [0, 0.05) is 43.2 Å². The number of hydrogen-bond donors (Lipinski definition) is 2. The van der Waals surface area contributed by atoms with Crippen LogP contribution >= 0.6 is 0 Å². The molecule has 3 aromatic rings. The average Bonchev–Trinajstić information content (AvgIpc) is 3.54. The Morgan fingerprint density at radius 1 is 0.822 bits per heavy atom. The van der Waals surface area contributed by atoms with Crippen molar-refractivity contribution >= 4 is 23.2 Å². The van der Waals surface area contributed by atoms with Crippen molar-refractivity contribution in [3.05, 3.63) is 94.5 Å². The summed E-state index contributed by atoms with van der Waals surface area (Å²) in [5.41, 5.74) is -1.84. The average molecular weight is 634 g/mol. The predicted molar refractivity (Wildman–Crippen MR) is 157 cm³/mol. The van der Waals surface area contributed by atoms with Gasteiger partial charge in [0.15, 0.2) is 0 Å². The summed E-state index contributed by atoms with van der Waals surface area (Å²) in [6.45, 7) is 2.24. The summed E-state index contributed by atoms with van der Waals surface area (Å²) in [6, 6.07) is 15.4. The summed E-state index contributed by atoms with van der Waals surface area (Å²) in [6.07, 6.45) is -5.91. The van der Waals surface area contributed by atoms with Crippen LogP contribution in [-0.2, 0) is 23.5 Å². The number of nitrogens with zero attached hydrogens (tertiary/aromatic N) is 1. The Hall–Kier alpha value is -4.06. The Morgan fingerprint density at radius 2 is 1.49 bits per heavy atom. The third-order valence-corrected chi connectivity index (χ3v) is 8.19. The molecule has 2 heterocycles. The monoisotopic (exact) mass is 633 g/mol. The van der Waals surface area contributed by atoms with Gasteiger partial charge in [-0.15, -0.1) is 0 Å². The number of anilines is 2. The highest BCUT2D eigenvalue weighted by molar-refractivity contribution is 6.06. The van der Waals surface area contributed by atoms with E-state index in [1.807, 2.05) is 18.2 Å². The molecule has 0 bridgehead atoms. The summed E-state index contributed by atoms with van der Waals surface area (Å²) in [7, 11) is 0. The minimum absolute atomic E-state index is 0.0366. The topological polar surface area (TPSA) is 70.7 Å². The second-order valence-electron chi connectivity index (χ2n) is 11.4. The van der Waals surface area contributed by atoms with Crippen LogP contribution in [0.1, 0.15) is 63.1 Å². The lowest BCUT2D eigenvalue weighted by atomic mass is 9.89. The zero-order chi connectivity index (χ0) is 32.2. The number of amides is 2. The number of carbonyl (C=O) groups is 2. The van der Waals surface area contributed by atoms with E-state index >= 15 is 0 Å². The van der Waals surface area contributed by atoms with Gasteiger partial charge >= 0.3 is 12.4 Å². The molecular formula is C33H33F6N3O3. The first kappa shape index (κ1) is 32.3. The van der Waals surface area contributed by atoms with Crippen LogP contribution in [0.2, 0.25) is 0 Å². The first-order valence-corrected chi connectivity index (χ1v) is 14.8. The van der Waals surface area contributed by atoms with E-state index in [0.29, 0.717) is 43.4 Å². The minimum atomic E-state index is -5.10. The molecule has 2 aliphatic rings. The third kappa shape index (κ3) is 8.36. The van der Waals surface area contributed by atoms with Gasteiger partial charge in [-0.2, -0.15) is 26.3 Å². The van der Waals surface area contributed by atoms with Crippen molar-refractivity contribution in [3.8, 4) is 0 Å². The Bertz CT molecular complexity index is 1460. The molecule has 0 aliphatic carbocycles. The quantitative estimate of drug-likeness (QED) is 0.255. The number of alkyl halides is 6. The van der Waals surface area contributed by atoms with E-state index in [2.05, 4.69) is 27.7 Å². The Kier molecular flexibility index (Phi) is 9.71. The van der Waals surface area contributed by atoms with Crippen LogP contribution in [0.15, 0.2) is 66.7 Å². The van der Waals surface area contributed by atoms with Gasteiger partial charge < -0.3 is 20.3 Å². The second-order valence-corrected chi connectivity index (χ2v) is 11.4. The summed E-state index contributed by atoms with van der Waals surface area (Å²) in [5, 5.41) is 5.24. The highest BCUT2D eigenvalue weighted by atomic mass is 19.4. The van der Waals surface area contributed by atoms with Crippen LogP contribution in [0.5, 0.6) is 0 Å². The van der Waals surface area contributed by atoms with Gasteiger partial charge in [0.1, 0.15) is 0 Å². The van der Waals surface area contributed by atoms with E-state index in [0.717, 1.165) is 32.1 Å². The van der Waals surface area contributed by atoms with E-state index in [4.69, 9.17) is 4.74 Å². The van der Waals surface area contributed by atoms with Crippen molar-refractivity contribution in [1.82, 2.24) is 5.32 Å². The number of benzene rings is 3. The molecule has 2 fully saturated rings. The van der Waals surface area contributed by atoms with Crippen LogP contribution in [0, 0.1) is 5.92 Å². The molecule has 0 radical (unpaired) electrons. The minimum Gasteiger partial charge on any atom is -0.376 e. The zero-order valence-electron chi connectivity index (χ0n) is 24.3. The molecule has 1 atom stereocenters. The second kappa shape index (κ2) is 13.5. The van der Waals surface area contributed by atoms with Gasteiger partial charge in [0.25, 0.3) is 11.8 Å². The Labute approximate surface area is 256 Å². The maximum Gasteiger partial charge on any atom is 0.416 e. The molecule has 2 N–H and O–H groups in total. The maximum absolute atomic E-state index is 13.4. The number of hydrogen-bond acceptors (Lipinski definition) is 4. The summed E-state index contributed by atoms with van der Waals surface area (Å²) in [5.74, 6) is -1.14. The van der Waals surface area contributed by atoms with Crippen LogP contribution < -0.4 is 15.5 Å². The SMILES string of the molecule is O=C(Nc1ccc(N2CCC(Cc3ccccc3)CC2)c(C(=O)NC[C@H]2CCCO2)c1)c1cc(C(F)(F)F)cc(C(F)(F)F)c1. The molecule has 0 aromatic heterocycles. The standard InChI is InChI=1S/C33H33F6N3O3/c34-32(35,36)24-16-23(17-25(18-24)33(37,38)39)30(43)41-26-8-9-29(28(19-26)31(44)40-20-27-7-4-14-45-27)42-12-10-22(11-13-42)15-21-5-2-1-3-6-21/h1-3,5-6,8-9,16-19,22,27H,4,7,10-15,20H2,(H,40,44)(H,41,43)/t27-/m1/s1. The number of carbonyl (C=O) groups excluding carboxylic acids is 2. The molecule has 0 saturated carbocycles. The summed E-state index contributed by atoms with van der Waals surface area (Å²) in [4.78, 5) is 28.5. The van der Waals surface area contributed by atoms with Crippen molar-refractivity contribution in [1.29, 1.82) is 0 Å². The third-order valence-electron chi connectivity index (χ3n) is 8.19. The van der Waals surface area contributed by atoms with Crippen LogP contribution in [0.3, 0.4) is 0 Å². The van der Waals surface area contributed by atoms with Gasteiger partial charge in [-0.05, 0) is 80.0 Å². The molecular weight excluding hydrogens is 600 g/mol. The fourth-order valence-corrected chi connectivity index (χ4v) is 5.79. The van der Waals surface area contributed by atoms with Crippen LogP contribution in [-0.4, -0.2) is 44.2 Å². The van der Waals surface area contributed by atoms with E-state index in [9.17, 15) is 35.9 Å². The first-order valence-electron chi connectivity index (χ1n) is 14.8. The molecule has 2 saturated heterocycles. The number of ether oxygens (including phenoxy) is 1. The lowest BCUT2D eigenvalue weighted by molar-refractivity contribution is -0.143. The molecule has 3 aromatic carbocycles. The van der Waals surface area contributed by atoms with Gasteiger partial charge in [-0.3, -0.25) is 9.59 Å². The molecule has 240 valence electrons. The van der Waals surface area contributed by atoms with Gasteiger partial charge in [-0.1, -0.05) is 30.3 Å². The van der Waals surface area contributed by atoms with E-state index in [1.165, 1.54) is 17.7 Å².